The van der Waals surface area contributed by atoms with E-state index >= 15 is 0 Å². The van der Waals surface area contributed by atoms with Crippen LogP contribution in [0.5, 0.6) is 5.88 Å². The van der Waals surface area contributed by atoms with Crippen LogP contribution in [0.4, 0.5) is 0 Å². The summed E-state index contributed by atoms with van der Waals surface area (Å²) in [6.45, 7) is 1.19. The maximum absolute atomic E-state index is 12.5. The fraction of sp³-hybridized carbons (Fsp3) is 0.211. The molecule has 0 spiro atoms. The Balaban J connectivity index is 1.47. The van der Waals surface area contributed by atoms with Crippen molar-refractivity contribution < 1.29 is 9.53 Å². The van der Waals surface area contributed by atoms with E-state index < -0.39 is 0 Å². The number of fused-ring (bicyclic) bond motifs is 1. The lowest BCUT2D eigenvalue weighted by Gasteiger charge is -2.27. The summed E-state index contributed by atoms with van der Waals surface area (Å²) in [7, 11) is 0. The molecule has 0 fully saturated rings. The van der Waals surface area contributed by atoms with Gasteiger partial charge in [-0.3, -0.25) is 9.89 Å². The summed E-state index contributed by atoms with van der Waals surface area (Å²) >= 11 is 0. The minimum absolute atomic E-state index is 0.00906. The van der Waals surface area contributed by atoms with Crippen molar-refractivity contribution in [3.8, 4) is 17.1 Å². The fourth-order valence-corrected chi connectivity index (χ4v) is 3.00. The van der Waals surface area contributed by atoms with E-state index in [1.807, 2.05) is 47.4 Å². The molecule has 1 N–H and O–H groups in total. The number of aromatic amines is 1. The van der Waals surface area contributed by atoms with Crippen LogP contribution in [0.3, 0.4) is 0 Å². The first-order valence-corrected chi connectivity index (χ1v) is 8.24. The van der Waals surface area contributed by atoms with Crippen molar-refractivity contribution in [2.75, 3.05) is 13.2 Å². The Hall–Kier alpha value is -3.15. The molecule has 25 heavy (non-hydrogen) atoms. The molecule has 0 saturated heterocycles. The van der Waals surface area contributed by atoms with Gasteiger partial charge in [-0.05, 0) is 6.07 Å². The number of carbonyl (C=O) groups excluding carboxylic acids is 1. The molecule has 6 heteroatoms. The lowest BCUT2D eigenvalue weighted by atomic mass is 10.0. The Morgan fingerprint density at radius 3 is 2.80 bits per heavy atom. The Bertz CT molecular complexity index is 862. The molecular formula is C19H18N4O2. The molecule has 3 heterocycles. The van der Waals surface area contributed by atoms with Gasteiger partial charge in [-0.15, -0.1) is 0 Å². The van der Waals surface area contributed by atoms with Crippen LogP contribution in [-0.4, -0.2) is 39.1 Å². The smallest absolute Gasteiger partial charge is 0.260 e. The van der Waals surface area contributed by atoms with Gasteiger partial charge in [-0.25, -0.2) is 4.98 Å². The van der Waals surface area contributed by atoms with E-state index in [0.717, 1.165) is 28.9 Å². The van der Waals surface area contributed by atoms with Crippen molar-refractivity contribution >= 4 is 5.91 Å². The predicted molar refractivity (Wildman–Crippen MR) is 92.9 cm³/mol. The molecule has 4 rings (SSSR count). The Labute approximate surface area is 145 Å². The highest BCUT2D eigenvalue weighted by Crippen LogP contribution is 2.28. The molecule has 1 amide bonds. The van der Waals surface area contributed by atoms with Gasteiger partial charge in [0.2, 0.25) is 5.88 Å². The molecule has 0 radical (unpaired) electrons. The summed E-state index contributed by atoms with van der Waals surface area (Å²) < 4.78 is 5.48. The third-order valence-corrected chi connectivity index (χ3v) is 4.31. The highest BCUT2D eigenvalue weighted by Gasteiger charge is 2.25. The van der Waals surface area contributed by atoms with Gasteiger partial charge in [-0.1, -0.05) is 36.4 Å². The Kier molecular flexibility index (Phi) is 4.16. The summed E-state index contributed by atoms with van der Waals surface area (Å²) in [5, 5.41) is 7.56. The first-order chi connectivity index (χ1) is 12.3. The molecule has 3 aromatic rings. The second-order valence-electron chi connectivity index (χ2n) is 5.92. The molecule has 1 aliphatic rings. The van der Waals surface area contributed by atoms with E-state index in [-0.39, 0.29) is 12.5 Å². The van der Waals surface area contributed by atoms with Gasteiger partial charge in [0.15, 0.2) is 6.61 Å². The number of nitrogens with one attached hydrogen (secondary N) is 1. The van der Waals surface area contributed by atoms with Crippen LogP contribution < -0.4 is 4.74 Å². The average molecular weight is 334 g/mol. The van der Waals surface area contributed by atoms with Crippen LogP contribution in [0.15, 0.2) is 54.7 Å². The van der Waals surface area contributed by atoms with Gasteiger partial charge in [0.1, 0.15) is 0 Å². The quantitative estimate of drug-likeness (QED) is 0.795. The number of H-pyrrole nitrogens is 1. The first kappa shape index (κ1) is 15.4. The lowest BCUT2D eigenvalue weighted by molar-refractivity contribution is -0.134. The number of ether oxygens (including phenoxy) is 1. The van der Waals surface area contributed by atoms with Crippen molar-refractivity contribution in [3.05, 3.63) is 66.0 Å². The molecule has 6 nitrogen and oxygen atoms in total. The standard InChI is InChI=1S/C19H18N4O2/c24-18(13-25-17-8-4-5-10-20-17)23-11-9-16-15(12-23)19(22-21-16)14-6-2-1-3-7-14/h1-8,10H,9,11-13H2,(H,21,22). The van der Waals surface area contributed by atoms with Gasteiger partial charge >= 0.3 is 0 Å². The highest BCUT2D eigenvalue weighted by atomic mass is 16.5. The summed E-state index contributed by atoms with van der Waals surface area (Å²) in [5.41, 5.74) is 4.16. The van der Waals surface area contributed by atoms with Crippen LogP contribution in [0.25, 0.3) is 11.3 Å². The summed E-state index contributed by atoms with van der Waals surface area (Å²) in [4.78, 5) is 18.4. The second-order valence-corrected chi connectivity index (χ2v) is 5.92. The van der Waals surface area contributed by atoms with Crippen LogP contribution in [0.2, 0.25) is 0 Å². The van der Waals surface area contributed by atoms with E-state index in [0.29, 0.717) is 19.0 Å². The van der Waals surface area contributed by atoms with Crippen molar-refractivity contribution in [1.82, 2.24) is 20.1 Å². The van der Waals surface area contributed by atoms with Gasteiger partial charge in [0.25, 0.3) is 5.91 Å². The number of benzene rings is 1. The molecule has 126 valence electrons. The van der Waals surface area contributed by atoms with E-state index in [1.54, 1.807) is 12.3 Å². The molecule has 1 aliphatic heterocycles. The number of hydrogen-bond donors (Lipinski definition) is 1. The molecule has 1 aromatic carbocycles. The average Bonchev–Trinajstić information content (AvgIpc) is 3.11. The predicted octanol–water partition coefficient (Wildman–Crippen LogP) is 2.44. The molecule has 0 saturated carbocycles. The zero-order chi connectivity index (χ0) is 17.1. The van der Waals surface area contributed by atoms with Crippen molar-refractivity contribution in [2.45, 2.75) is 13.0 Å². The van der Waals surface area contributed by atoms with Crippen molar-refractivity contribution in [3.63, 3.8) is 0 Å². The zero-order valence-electron chi connectivity index (χ0n) is 13.7. The largest absolute Gasteiger partial charge is 0.468 e. The van der Waals surface area contributed by atoms with Crippen LogP contribution in [-0.2, 0) is 17.8 Å². The number of aromatic nitrogens is 3. The third kappa shape index (κ3) is 3.24. The van der Waals surface area contributed by atoms with Crippen LogP contribution in [0, 0.1) is 0 Å². The number of rotatable bonds is 4. The normalized spacial score (nSPS) is 13.4. The highest BCUT2D eigenvalue weighted by molar-refractivity contribution is 5.78. The van der Waals surface area contributed by atoms with Crippen LogP contribution >= 0.6 is 0 Å². The molecule has 2 aromatic heterocycles. The minimum atomic E-state index is -0.0449. The van der Waals surface area contributed by atoms with Gasteiger partial charge in [0.05, 0.1) is 5.69 Å². The topological polar surface area (TPSA) is 71.1 Å². The summed E-state index contributed by atoms with van der Waals surface area (Å²) in [6.07, 6.45) is 2.41. The Morgan fingerprint density at radius 1 is 1.16 bits per heavy atom. The molecule has 0 aliphatic carbocycles. The van der Waals surface area contributed by atoms with Crippen LogP contribution in [0.1, 0.15) is 11.3 Å². The second kappa shape index (κ2) is 6.76. The molecule has 0 atom stereocenters. The monoisotopic (exact) mass is 334 g/mol. The fourth-order valence-electron chi connectivity index (χ4n) is 3.00. The van der Waals surface area contributed by atoms with Crippen molar-refractivity contribution in [1.29, 1.82) is 0 Å². The maximum atomic E-state index is 12.5. The summed E-state index contributed by atoms with van der Waals surface area (Å²) in [5.74, 6) is 0.415. The summed E-state index contributed by atoms with van der Waals surface area (Å²) in [6, 6.07) is 15.4. The molecule has 0 bridgehead atoms. The van der Waals surface area contributed by atoms with Gasteiger partial charge < -0.3 is 9.64 Å². The van der Waals surface area contributed by atoms with Gasteiger partial charge in [0, 0.05) is 48.6 Å². The lowest BCUT2D eigenvalue weighted by Crippen LogP contribution is -2.38. The number of pyridine rings is 1. The van der Waals surface area contributed by atoms with E-state index in [1.165, 1.54) is 0 Å². The third-order valence-electron chi connectivity index (χ3n) is 4.31. The Morgan fingerprint density at radius 2 is 2.00 bits per heavy atom. The maximum Gasteiger partial charge on any atom is 0.260 e. The molecular weight excluding hydrogens is 316 g/mol. The van der Waals surface area contributed by atoms with E-state index in [4.69, 9.17) is 4.74 Å². The van der Waals surface area contributed by atoms with Crippen molar-refractivity contribution in [2.24, 2.45) is 0 Å². The molecule has 0 unspecified atom stereocenters. The number of carbonyl (C=O) groups is 1. The van der Waals surface area contributed by atoms with E-state index in [2.05, 4.69) is 15.2 Å². The number of nitrogens with zero attached hydrogens (tertiary/aromatic N) is 3. The SMILES string of the molecule is O=C(COc1ccccn1)N1CCc2[nH]nc(-c3ccccc3)c2C1. The first-order valence-electron chi connectivity index (χ1n) is 8.24. The van der Waals surface area contributed by atoms with Gasteiger partial charge in [-0.2, -0.15) is 5.10 Å². The zero-order valence-corrected chi connectivity index (χ0v) is 13.7. The number of hydrogen-bond acceptors (Lipinski definition) is 4. The van der Waals surface area contributed by atoms with E-state index in [9.17, 15) is 4.79 Å². The number of amides is 1. The minimum Gasteiger partial charge on any atom is -0.468 e.